The van der Waals surface area contributed by atoms with Crippen molar-refractivity contribution in [3.63, 3.8) is 0 Å². The average molecular weight is 197 g/mol. The van der Waals surface area contributed by atoms with E-state index in [4.69, 9.17) is 0 Å². The zero-order valence-corrected chi connectivity index (χ0v) is 9.10. The van der Waals surface area contributed by atoms with Gasteiger partial charge in [0, 0.05) is 9.79 Å². The lowest BCUT2D eigenvalue weighted by Gasteiger charge is -2.04. The standard InChI is InChI=1S/C10H13S2/c1-3-11-9-7-5-6-8-10(9)12-4-2/h5,7-8H,3-4H2,1-2H3. The van der Waals surface area contributed by atoms with E-state index < -0.39 is 0 Å². The molecule has 0 spiro atoms. The molecule has 0 fully saturated rings. The molecule has 0 aliphatic rings. The van der Waals surface area contributed by atoms with Crippen molar-refractivity contribution in [2.45, 2.75) is 23.6 Å². The first-order valence-electron chi connectivity index (χ1n) is 4.14. The lowest BCUT2D eigenvalue weighted by Crippen LogP contribution is -1.79. The van der Waals surface area contributed by atoms with Crippen LogP contribution in [0.15, 0.2) is 28.0 Å². The maximum atomic E-state index is 3.11. The predicted octanol–water partition coefficient (Wildman–Crippen LogP) is 3.71. The molecule has 0 aliphatic heterocycles. The first kappa shape index (κ1) is 10.0. The Balaban J connectivity index is 2.77. The topological polar surface area (TPSA) is 0 Å². The van der Waals surface area contributed by atoms with Gasteiger partial charge >= 0.3 is 0 Å². The van der Waals surface area contributed by atoms with Crippen LogP contribution in [0.1, 0.15) is 13.8 Å². The summed E-state index contributed by atoms with van der Waals surface area (Å²) in [4.78, 5) is 2.76. The van der Waals surface area contributed by atoms with Crippen molar-refractivity contribution in [2.75, 3.05) is 11.5 Å². The number of rotatable bonds is 4. The molecular weight excluding hydrogens is 184 g/mol. The van der Waals surface area contributed by atoms with Gasteiger partial charge in [-0.3, -0.25) is 0 Å². The van der Waals surface area contributed by atoms with Gasteiger partial charge in [-0.15, -0.1) is 23.5 Å². The van der Waals surface area contributed by atoms with Gasteiger partial charge in [-0.2, -0.15) is 0 Å². The fraction of sp³-hybridized carbons (Fsp3) is 0.400. The highest BCUT2D eigenvalue weighted by Gasteiger charge is 1.99. The molecule has 0 atom stereocenters. The van der Waals surface area contributed by atoms with Crippen LogP contribution in [-0.2, 0) is 0 Å². The van der Waals surface area contributed by atoms with E-state index in [9.17, 15) is 0 Å². The van der Waals surface area contributed by atoms with Crippen LogP contribution in [0.5, 0.6) is 0 Å². The highest BCUT2D eigenvalue weighted by Crippen LogP contribution is 2.29. The van der Waals surface area contributed by atoms with Crippen LogP contribution in [0.4, 0.5) is 0 Å². The van der Waals surface area contributed by atoms with Crippen molar-refractivity contribution in [1.29, 1.82) is 0 Å². The van der Waals surface area contributed by atoms with Crippen LogP contribution in [0, 0.1) is 6.07 Å². The van der Waals surface area contributed by atoms with Gasteiger partial charge in [-0.25, -0.2) is 0 Å². The molecule has 0 nitrogen and oxygen atoms in total. The van der Waals surface area contributed by atoms with Crippen molar-refractivity contribution < 1.29 is 0 Å². The van der Waals surface area contributed by atoms with E-state index in [-0.39, 0.29) is 0 Å². The fourth-order valence-electron chi connectivity index (χ4n) is 0.944. The minimum atomic E-state index is 1.13. The van der Waals surface area contributed by atoms with Crippen LogP contribution >= 0.6 is 23.5 Å². The molecule has 0 amide bonds. The molecule has 0 unspecified atom stereocenters. The third-order valence-electron chi connectivity index (χ3n) is 1.39. The molecule has 0 saturated carbocycles. The average Bonchev–Trinajstić information content (AvgIpc) is 2.09. The van der Waals surface area contributed by atoms with Crippen molar-refractivity contribution in [2.24, 2.45) is 0 Å². The van der Waals surface area contributed by atoms with Gasteiger partial charge in [-0.05, 0) is 29.7 Å². The Morgan fingerprint density at radius 3 is 2.50 bits per heavy atom. The van der Waals surface area contributed by atoms with Gasteiger partial charge in [0.25, 0.3) is 0 Å². The zero-order chi connectivity index (χ0) is 8.81. The largest absolute Gasteiger partial charge is 0.125 e. The first-order valence-corrected chi connectivity index (χ1v) is 6.11. The molecule has 1 radical (unpaired) electrons. The number of hydrogen-bond donors (Lipinski definition) is 0. The van der Waals surface area contributed by atoms with Gasteiger partial charge in [0.1, 0.15) is 0 Å². The molecule has 1 aromatic rings. The monoisotopic (exact) mass is 197 g/mol. The van der Waals surface area contributed by atoms with Crippen LogP contribution < -0.4 is 0 Å². The summed E-state index contributed by atoms with van der Waals surface area (Å²) in [6.45, 7) is 4.36. The van der Waals surface area contributed by atoms with E-state index in [0.29, 0.717) is 0 Å². The van der Waals surface area contributed by atoms with Crippen molar-refractivity contribution in [3.05, 3.63) is 24.3 Å². The summed E-state index contributed by atoms with van der Waals surface area (Å²) in [5.41, 5.74) is 0. The Bertz CT molecular complexity index is 208. The summed E-state index contributed by atoms with van der Waals surface area (Å²) in [5.74, 6) is 2.27. The summed E-state index contributed by atoms with van der Waals surface area (Å²) in [7, 11) is 0. The van der Waals surface area contributed by atoms with Gasteiger partial charge in [0.15, 0.2) is 0 Å². The minimum absolute atomic E-state index is 1.13. The third-order valence-corrected chi connectivity index (χ3v) is 3.41. The summed E-state index contributed by atoms with van der Waals surface area (Å²) in [6.07, 6.45) is 0. The molecule has 0 aliphatic carbocycles. The van der Waals surface area contributed by atoms with Crippen molar-refractivity contribution >= 4 is 23.5 Å². The molecule has 0 aromatic heterocycles. The second-order valence-electron chi connectivity index (χ2n) is 2.24. The summed E-state index contributed by atoms with van der Waals surface area (Å²) in [5, 5.41) is 0. The third kappa shape index (κ3) is 2.76. The van der Waals surface area contributed by atoms with Crippen LogP contribution in [0.25, 0.3) is 0 Å². The van der Waals surface area contributed by atoms with E-state index >= 15 is 0 Å². The van der Waals surface area contributed by atoms with Gasteiger partial charge in [0.2, 0.25) is 0 Å². The van der Waals surface area contributed by atoms with Crippen molar-refractivity contribution in [3.8, 4) is 0 Å². The highest BCUT2D eigenvalue weighted by molar-refractivity contribution is 8.02. The van der Waals surface area contributed by atoms with Gasteiger partial charge < -0.3 is 0 Å². The Labute approximate surface area is 83.1 Å². The Morgan fingerprint density at radius 2 is 1.83 bits per heavy atom. The zero-order valence-electron chi connectivity index (χ0n) is 7.46. The maximum absolute atomic E-state index is 3.11. The van der Waals surface area contributed by atoms with E-state index in [0.717, 1.165) is 11.5 Å². The molecule has 12 heavy (non-hydrogen) atoms. The molecule has 2 heteroatoms. The highest BCUT2D eigenvalue weighted by atomic mass is 32.2. The minimum Gasteiger partial charge on any atom is -0.125 e. The van der Waals surface area contributed by atoms with E-state index in [1.807, 2.05) is 29.6 Å². The second kappa shape index (κ2) is 5.55. The lowest BCUT2D eigenvalue weighted by molar-refractivity contribution is 1.24. The number of benzene rings is 1. The van der Waals surface area contributed by atoms with E-state index in [1.54, 1.807) is 0 Å². The van der Waals surface area contributed by atoms with Crippen molar-refractivity contribution in [1.82, 2.24) is 0 Å². The molecule has 0 saturated heterocycles. The van der Waals surface area contributed by atoms with Crippen LogP contribution in [-0.4, -0.2) is 11.5 Å². The first-order chi connectivity index (χ1) is 5.88. The fourth-order valence-corrected chi connectivity index (χ4v) is 2.65. The Hall–Kier alpha value is -0.0800. The smallest absolute Gasteiger partial charge is 0.0214 e. The normalized spacial score (nSPS) is 10.2. The molecule has 1 aromatic carbocycles. The molecule has 0 N–H and O–H groups in total. The summed E-state index contributed by atoms with van der Waals surface area (Å²) < 4.78 is 0. The molecule has 0 heterocycles. The van der Waals surface area contributed by atoms with Gasteiger partial charge in [0.05, 0.1) is 0 Å². The Kier molecular flexibility index (Phi) is 4.62. The quantitative estimate of drug-likeness (QED) is 0.675. The summed E-state index contributed by atoms with van der Waals surface area (Å²) >= 11 is 3.79. The van der Waals surface area contributed by atoms with Gasteiger partial charge in [-0.1, -0.05) is 19.9 Å². The lowest BCUT2D eigenvalue weighted by atomic mass is 10.4. The van der Waals surface area contributed by atoms with E-state index in [1.165, 1.54) is 9.79 Å². The molecular formula is C10H13S2. The van der Waals surface area contributed by atoms with E-state index in [2.05, 4.69) is 32.0 Å². The Morgan fingerprint density at radius 1 is 1.17 bits per heavy atom. The number of hydrogen-bond acceptors (Lipinski definition) is 2. The van der Waals surface area contributed by atoms with Crippen LogP contribution in [0.3, 0.4) is 0 Å². The molecule has 0 bridgehead atoms. The second-order valence-corrected chi connectivity index (χ2v) is 4.85. The maximum Gasteiger partial charge on any atom is 0.0214 e. The van der Waals surface area contributed by atoms with Crippen LogP contribution in [0.2, 0.25) is 0 Å². The molecule has 1 rings (SSSR count). The predicted molar refractivity (Wildman–Crippen MR) is 58.1 cm³/mol. The molecule has 65 valence electrons. The SMILES string of the molecule is CCSc1c[c]ccc1SCC. The summed E-state index contributed by atoms with van der Waals surface area (Å²) in [6, 6.07) is 9.31. The number of thioether (sulfide) groups is 2.